The fraction of sp³-hybridized carbons (Fsp3) is 0.400. The second-order valence-electron chi connectivity index (χ2n) is 8.88. The molecular formula is C25H31ClN4O3. The molecule has 3 aromatic rings. The molecule has 0 bridgehead atoms. The van der Waals surface area contributed by atoms with E-state index in [2.05, 4.69) is 22.3 Å². The zero-order valence-electron chi connectivity index (χ0n) is 19.2. The summed E-state index contributed by atoms with van der Waals surface area (Å²) in [6.07, 6.45) is 0.593. The maximum Gasteiger partial charge on any atom is 0.407 e. The standard InChI is InChI=1S/C25H30N4O3.ClH/c1-16(2)15-32-25(31)26-13-18-10-11-29(14-18)24-19-9-8-17(3)12-21(19)27-23(28-24)20-6-4-5-7-22(20)30;/h4-9,12,16,18,30H,10-11,13-15H2,1-3H3,(H,26,31);1H/t18-;/m0./s1. The lowest BCUT2D eigenvalue weighted by Crippen LogP contribution is -2.32. The van der Waals surface area contributed by atoms with E-state index in [1.165, 1.54) is 0 Å². The Morgan fingerprint density at radius 3 is 2.79 bits per heavy atom. The van der Waals surface area contributed by atoms with Crippen LogP contribution in [0.3, 0.4) is 0 Å². The van der Waals surface area contributed by atoms with E-state index in [-0.39, 0.29) is 24.2 Å². The van der Waals surface area contributed by atoms with Crippen molar-refractivity contribution in [1.82, 2.24) is 15.3 Å². The van der Waals surface area contributed by atoms with Gasteiger partial charge in [-0.3, -0.25) is 0 Å². The number of aryl methyl sites for hydroxylation is 1. The number of carbonyl (C=O) groups excluding carboxylic acids is 1. The van der Waals surface area contributed by atoms with Crippen molar-refractivity contribution in [3.8, 4) is 17.1 Å². The van der Waals surface area contributed by atoms with Gasteiger partial charge >= 0.3 is 6.09 Å². The number of fused-ring (bicyclic) bond motifs is 1. The molecule has 1 saturated heterocycles. The third kappa shape index (κ3) is 5.85. The van der Waals surface area contributed by atoms with E-state index in [0.29, 0.717) is 36.4 Å². The van der Waals surface area contributed by atoms with Crippen molar-refractivity contribution in [2.75, 3.05) is 31.1 Å². The highest BCUT2D eigenvalue weighted by Gasteiger charge is 2.26. The van der Waals surface area contributed by atoms with Gasteiger partial charge in [-0.15, -0.1) is 12.4 Å². The number of ether oxygens (including phenoxy) is 1. The van der Waals surface area contributed by atoms with E-state index < -0.39 is 0 Å². The van der Waals surface area contributed by atoms with Crippen LogP contribution in [0.5, 0.6) is 5.75 Å². The van der Waals surface area contributed by atoms with Gasteiger partial charge in [0.1, 0.15) is 11.6 Å². The number of aromatic nitrogens is 2. The van der Waals surface area contributed by atoms with E-state index in [1.54, 1.807) is 12.1 Å². The first-order chi connectivity index (χ1) is 15.4. The Bertz CT molecular complexity index is 1120. The van der Waals surface area contributed by atoms with Crippen molar-refractivity contribution >= 4 is 35.2 Å². The Morgan fingerprint density at radius 1 is 1.24 bits per heavy atom. The molecular weight excluding hydrogens is 440 g/mol. The smallest absolute Gasteiger partial charge is 0.407 e. The average Bonchev–Trinajstić information content (AvgIpc) is 3.24. The van der Waals surface area contributed by atoms with Crippen LogP contribution in [0.25, 0.3) is 22.3 Å². The largest absolute Gasteiger partial charge is 0.507 e. The van der Waals surface area contributed by atoms with Gasteiger partial charge in [0.25, 0.3) is 0 Å². The number of benzene rings is 2. The summed E-state index contributed by atoms with van der Waals surface area (Å²) in [7, 11) is 0. The number of anilines is 1. The van der Waals surface area contributed by atoms with E-state index >= 15 is 0 Å². The monoisotopic (exact) mass is 470 g/mol. The lowest BCUT2D eigenvalue weighted by Gasteiger charge is -2.21. The van der Waals surface area contributed by atoms with Crippen LogP contribution in [-0.2, 0) is 4.74 Å². The molecule has 8 heteroatoms. The summed E-state index contributed by atoms with van der Waals surface area (Å²) >= 11 is 0. The van der Waals surface area contributed by atoms with Gasteiger partial charge in [-0.25, -0.2) is 14.8 Å². The van der Waals surface area contributed by atoms with Gasteiger partial charge in [0.15, 0.2) is 5.82 Å². The number of nitrogens with zero attached hydrogens (tertiary/aromatic N) is 3. The molecule has 2 N–H and O–H groups in total. The molecule has 0 radical (unpaired) electrons. The van der Waals surface area contributed by atoms with Crippen molar-refractivity contribution in [3.63, 3.8) is 0 Å². The van der Waals surface area contributed by atoms with Crippen LogP contribution >= 0.6 is 12.4 Å². The molecule has 1 fully saturated rings. The van der Waals surface area contributed by atoms with Gasteiger partial charge in [-0.05, 0) is 55.0 Å². The number of phenols is 1. The summed E-state index contributed by atoms with van der Waals surface area (Å²) in [6.45, 7) is 8.68. The van der Waals surface area contributed by atoms with Crippen molar-refractivity contribution < 1.29 is 14.6 Å². The van der Waals surface area contributed by atoms with Crippen LogP contribution in [0, 0.1) is 18.8 Å². The van der Waals surface area contributed by atoms with E-state index in [9.17, 15) is 9.90 Å². The first-order valence-electron chi connectivity index (χ1n) is 11.1. The number of para-hydroxylation sites is 1. The number of alkyl carbamates (subject to hydrolysis) is 1. The molecule has 2 heterocycles. The number of amides is 1. The maximum atomic E-state index is 11.9. The first kappa shape index (κ1) is 24.6. The molecule has 0 unspecified atom stereocenters. The van der Waals surface area contributed by atoms with Crippen LogP contribution in [0.4, 0.5) is 10.6 Å². The summed E-state index contributed by atoms with van der Waals surface area (Å²) in [5, 5.41) is 14.2. The van der Waals surface area contributed by atoms with Gasteiger partial charge in [0.2, 0.25) is 0 Å². The maximum absolute atomic E-state index is 11.9. The lowest BCUT2D eigenvalue weighted by molar-refractivity contribution is 0.132. The lowest BCUT2D eigenvalue weighted by atomic mass is 10.1. The summed E-state index contributed by atoms with van der Waals surface area (Å²) < 4.78 is 5.21. The quantitative estimate of drug-likeness (QED) is 0.530. The van der Waals surface area contributed by atoms with Crippen LogP contribution in [0.2, 0.25) is 0 Å². The first-order valence-corrected chi connectivity index (χ1v) is 11.1. The van der Waals surface area contributed by atoms with Gasteiger partial charge < -0.3 is 20.1 Å². The number of phenolic OH excluding ortho intramolecular Hbond substituents is 1. The minimum atomic E-state index is -0.359. The fourth-order valence-electron chi connectivity index (χ4n) is 3.96. The van der Waals surface area contributed by atoms with Crippen molar-refractivity contribution in [3.05, 3.63) is 48.0 Å². The molecule has 33 heavy (non-hydrogen) atoms. The van der Waals surface area contributed by atoms with Gasteiger partial charge in [0.05, 0.1) is 17.7 Å². The van der Waals surface area contributed by atoms with Crippen molar-refractivity contribution in [1.29, 1.82) is 0 Å². The second kappa shape index (κ2) is 10.7. The number of carbonyl (C=O) groups is 1. The molecule has 7 nitrogen and oxygen atoms in total. The van der Waals surface area contributed by atoms with Gasteiger partial charge in [-0.1, -0.05) is 32.0 Å². The molecule has 4 rings (SSSR count). The number of rotatable bonds is 6. The summed E-state index contributed by atoms with van der Waals surface area (Å²) in [6, 6.07) is 13.3. The zero-order valence-corrected chi connectivity index (χ0v) is 20.1. The molecule has 1 atom stereocenters. The molecule has 0 saturated carbocycles. The molecule has 2 aromatic carbocycles. The third-order valence-electron chi connectivity index (χ3n) is 5.65. The van der Waals surface area contributed by atoms with E-state index in [4.69, 9.17) is 14.7 Å². The van der Waals surface area contributed by atoms with Crippen molar-refractivity contribution in [2.45, 2.75) is 27.2 Å². The second-order valence-corrected chi connectivity index (χ2v) is 8.88. The number of hydrogen-bond acceptors (Lipinski definition) is 6. The Balaban J connectivity index is 0.00000306. The van der Waals surface area contributed by atoms with Crippen LogP contribution < -0.4 is 10.2 Å². The molecule has 0 aliphatic carbocycles. The molecule has 0 spiro atoms. The predicted octanol–water partition coefficient (Wildman–Crippen LogP) is 4.94. The third-order valence-corrected chi connectivity index (χ3v) is 5.65. The zero-order chi connectivity index (χ0) is 22.7. The normalized spacial score (nSPS) is 15.5. The van der Waals surface area contributed by atoms with E-state index in [1.807, 2.05) is 39.0 Å². The highest BCUT2D eigenvalue weighted by atomic mass is 35.5. The van der Waals surface area contributed by atoms with Crippen LogP contribution in [-0.4, -0.2) is 47.4 Å². The van der Waals surface area contributed by atoms with Gasteiger partial charge in [0, 0.05) is 25.0 Å². The number of nitrogens with one attached hydrogen (secondary N) is 1. The Morgan fingerprint density at radius 2 is 2.03 bits per heavy atom. The topological polar surface area (TPSA) is 87.6 Å². The Hall–Kier alpha value is -3.06. The SMILES string of the molecule is Cc1ccc2c(N3CC[C@@H](CNC(=O)OCC(C)C)C3)nc(-c3ccccc3O)nc2c1.Cl. The molecule has 176 valence electrons. The fourth-order valence-corrected chi connectivity index (χ4v) is 3.96. The number of aromatic hydroxyl groups is 1. The van der Waals surface area contributed by atoms with E-state index in [0.717, 1.165) is 41.8 Å². The van der Waals surface area contributed by atoms with Crippen LogP contribution in [0.1, 0.15) is 25.8 Å². The molecule has 1 aromatic heterocycles. The summed E-state index contributed by atoms with van der Waals surface area (Å²) in [5.41, 5.74) is 2.59. The minimum Gasteiger partial charge on any atom is -0.507 e. The molecule has 1 amide bonds. The minimum absolute atomic E-state index is 0. The average molecular weight is 471 g/mol. The number of halogens is 1. The highest BCUT2D eigenvalue weighted by molar-refractivity contribution is 5.92. The van der Waals surface area contributed by atoms with Crippen molar-refractivity contribution in [2.24, 2.45) is 11.8 Å². The highest BCUT2D eigenvalue weighted by Crippen LogP contribution is 2.33. The summed E-state index contributed by atoms with van der Waals surface area (Å²) in [4.78, 5) is 23.8. The Kier molecular flexibility index (Phi) is 7.97. The van der Waals surface area contributed by atoms with Gasteiger partial charge in [-0.2, -0.15) is 0 Å². The predicted molar refractivity (Wildman–Crippen MR) is 133 cm³/mol. The van der Waals surface area contributed by atoms with Crippen LogP contribution in [0.15, 0.2) is 42.5 Å². The number of hydrogen-bond donors (Lipinski definition) is 2. The molecule has 1 aliphatic rings. The summed E-state index contributed by atoms with van der Waals surface area (Å²) in [5.74, 6) is 2.16. The molecule has 1 aliphatic heterocycles. The Labute approximate surface area is 200 Å².